The second kappa shape index (κ2) is 7.75. The number of hydrogen-bond donors (Lipinski definition) is 2. The summed E-state index contributed by atoms with van der Waals surface area (Å²) in [5.41, 5.74) is 0. The van der Waals surface area contributed by atoms with Crippen LogP contribution in [0.2, 0.25) is 0 Å². The van der Waals surface area contributed by atoms with Gasteiger partial charge in [-0.2, -0.15) is 12.7 Å². The van der Waals surface area contributed by atoms with Crippen LogP contribution < -0.4 is 4.72 Å². The fourth-order valence-corrected chi connectivity index (χ4v) is 2.47. The monoisotopic (exact) mass is 286 g/mol. The van der Waals surface area contributed by atoms with E-state index in [-0.39, 0.29) is 19.5 Å². The van der Waals surface area contributed by atoms with E-state index in [2.05, 4.69) is 4.72 Å². The van der Waals surface area contributed by atoms with Gasteiger partial charge in [0.1, 0.15) is 0 Å². The first kappa shape index (κ1) is 16.5. The molecule has 0 aliphatic rings. The molecule has 0 aliphatic heterocycles. The van der Waals surface area contributed by atoms with Gasteiger partial charge in [-0.25, -0.2) is 4.72 Å². The summed E-state index contributed by atoms with van der Waals surface area (Å²) >= 11 is 0. The van der Waals surface area contributed by atoms with Crippen molar-refractivity contribution in [1.82, 2.24) is 9.03 Å². The lowest BCUT2D eigenvalue weighted by Gasteiger charge is -2.16. The Labute approximate surface area is 104 Å². The van der Waals surface area contributed by atoms with Crippen molar-refractivity contribution in [3.05, 3.63) is 0 Å². The number of nitrogens with zero attached hydrogens (tertiary/aromatic N) is 1. The van der Waals surface area contributed by atoms with Crippen molar-refractivity contribution in [2.45, 2.75) is 12.8 Å². The van der Waals surface area contributed by atoms with Gasteiger partial charge in [-0.3, -0.25) is 9.00 Å². The number of carboxylic acid groups (broad SMARTS) is 1. The second-order valence-electron chi connectivity index (χ2n) is 3.50. The van der Waals surface area contributed by atoms with E-state index in [0.29, 0.717) is 12.2 Å². The third-order valence-electron chi connectivity index (χ3n) is 1.94. The molecule has 0 fully saturated rings. The summed E-state index contributed by atoms with van der Waals surface area (Å²) < 4.78 is 37.1. The molecule has 0 aromatic heterocycles. The highest BCUT2D eigenvalue weighted by Gasteiger charge is 2.17. The van der Waals surface area contributed by atoms with Gasteiger partial charge in [0.05, 0.1) is 6.42 Å². The van der Waals surface area contributed by atoms with Gasteiger partial charge >= 0.3 is 5.97 Å². The molecule has 0 aromatic rings. The minimum absolute atomic E-state index is 0.0790. The number of rotatable bonds is 9. The number of nitrogens with one attached hydrogen (secondary N) is 1. The van der Waals surface area contributed by atoms with Crippen LogP contribution in [0.3, 0.4) is 0 Å². The first-order valence-electron chi connectivity index (χ1n) is 4.98. The molecule has 102 valence electrons. The summed E-state index contributed by atoms with van der Waals surface area (Å²) in [6.07, 6.45) is 1.79. The van der Waals surface area contributed by atoms with E-state index in [1.54, 1.807) is 6.26 Å². The van der Waals surface area contributed by atoms with Crippen LogP contribution in [0, 0.1) is 0 Å². The first-order valence-corrected chi connectivity index (χ1v) is 8.15. The first-order chi connectivity index (χ1) is 7.75. The Morgan fingerprint density at radius 1 is 1.47 bits per heavy atom. The summed E-state index contributed by atoms with van der Waals surface area (Å²) in [6.45, 7) is 0.115. The van der Waals surface area contributed by atoms with Gasteiger partial charge in [-0.15, -0.1) is 0 Å². The third-order valence-corrected chi connectivity index (χ3v) is 4.38. The van der Waals surface area contributed by atoms with Gasteiger partial charge in [0.2, 0.25) is 0 Å². The highest BCUT2D eigenvalue weighted by Crippen LogP contribution is 1.96. The number of hydrogen-bond acceptors (Lipinski definition) is 4. The Morgan fingerprint density at radius 3 is 2.53 bits per heavy atom. The average Bonchev–Trinajstić information content (AvgIpc) is 2.20. The van der Waals surface area contributed by atoms with Crippen LogP contribution >= 0.6 is 0 Å². The summed E-state index contributed by atoms with van der Waals surface area (Å²) in [7, 11) is -3.26. The molecule has 0 bridgehead atoms. The van der Waals surface area contributed by atoms with Crippen molar-refractivity contribution in [3.8, 4) is 0 Å². The van der Waals surface area contributed by atoms with E-state index >= 15 is 0 Å². The lowest BCUT2D eigenvalue weighted by Crippen LogP contribution is -2.39. The number of aliphatic carboxylic acids is 1. The third kappa shape index (κ3) is 8.25. The van der Waals surface area contributed by atoms with E-state index in [9.17, 15) is 17.4 Å². The van der Waals surface area contributed by atoms with Gasteiger partial charge < -0.3 is 5.11 Å². The molecule has 0 aliphatic carbocycles. The molecule has 0 heterocycles. The zero-order chi connectivity index (χ0) is 13.5. The maximum absolute atomic E-state index is 11.5. The minimum Gasteiger partial charge on any atom is -0.481 e. The Bertz CT molecular complexity index is 368. The van der Waals surface area contributed by atoms with E-state index < -0.39 is 27.0 Å². The molecule has 0 amide bonds. The molecule has 0 aromatic carbocycles. The molecule has 0 spiro atoms. The van der Waals surface area contributed by atoms with E-state index in [1.165, 1.54) is 7.05 Å². The Balaban J connectivity index is 4.01. The summed E-state index contributed by atoms with van der Waals surface area (Å²) in [6, 6.07) is 0. The Hall–Kier alpha value is -0.510. The largest absolute Gasteiger partial charge is 0.481 e. The Kier molecular flexibility index (Phi) is 7.51. The lowest BCUT2D eigenvalue weighted by molar-refractivity contribution is -0.137. The number of carboxylic acids is 1. The van der Waals surface area contributed by atoms with Crippen LogP contribution in [0.5, 0.6) is 0 Å². The summed E-state index contributed by atoms with van der Waals surface area (Å²) in [5, 5.41) is 8.43. The van der Waals surface area contributed by atoms with Crippen LogP contribution in [0.15, 0.2) is 0 Å². The van der Waals surface area contributed by atoms with Gasteiger partial charge in [-0.1, -0.05) is 0 Å². The smallest absolute Gasteiger partial charge is 0.304 e. The average molecular weight is 286 g/mol. The minimum atomic E-state index is -3.63. The van der Waals surface area contributed by atoms with Crippen molar-refractivity contribution in [3.63, 3.8) is 0 Å². The van der Waals surface area contributed by atoms with Gasteiger partial charge in [0.25, 0.3) is 10.2 Å². The fourth-order valence-electron chi connectivity index (χ4n) is 0.960. The van der Waals surface area contributed by atoms with Crippen LogP contribution in [-0.2, 0) is 25.8 Å². The van der Waals surface area contributed by atoms with E-state index in [1.807, 2.05) is 0 Å². The topological polar surface area (TPSA) is 104 Å². The molecule has 0 rings (SSSR count). The van der Waals surface area contributed by atoms with Crippen molar-refractivity contribution >= 4 is 27.0 Å². The predicted octanol–water partition coefficient (Wildman–Crippen LogP) is -1.00. The van der Waals surface area contributed by atoms with E-state index in [4.69, 9.17) is 5.11 Å². The molecule has 1 unspecified atom stereocenters. The maximum atomic E-state index is 11.5. The molecule has 9 heteroatoms. The molecule has 2 N–H and O–H groups in total. The zero-order valence-corrected chi connectivity index (χ0v) is 11.5. The number of carbonyl (C=O) groups is 1. The van der Waals surface area contributed by atoms with E-state index in [0.717, 1.165) is 4.31 Å². The van der Waals surface area contributed by atoms with Crippen molar-refractivity contribution in [2.24, 2.45) is 0 Å². The standard InChI is InChI=1S/C8H18N2O5S2/c1-10(6-4-8(11)12)17(14,15)9-5-3-7-16(2)13/h9H,3-7H2,1-2H3,(H,11,12). The molecule has 0 saturated heterocycles. The molecule has 1 atom stereocenters. The lowest BCUT2D eigenvalue weighted by atomic mass is 10.4. The second-order valence-corrected chi connectivity index (χ2v) is 6.91. The normalized spacial score (nSPS) is 13.8. The van der Waals surface area contributed by atoms with Gasteiger partial charge in [0.15, 0.2) is 0 Å². The maximum Gasteiger partial charge on any atom is 0.304 e. The SMILES string of the molecule is CN(CCC(=O)O)S(=O)(=O)NCCCS(C)=O. The molecule has 0 saturated carbocycles. The van der Waals surface area contributed by atoms with Crippen LogP contribution in [-0.4, -0.2) is 60.2 Å². The van der Waals surface area contributed by atoms with Gasteiger partial charge in [0, 0.05) is 42.9 Å². The van der Waals surface area contributed by atoms with Crippen LogP contribution in [0.4, 0.5) is 0 Å². The quantitative estimate of drug-likeness (QED) is 0.529. The van der Waals surface area contributed by atoms with Crippen molar-refractivity contribution < 1.29 is 22.5 Å². The summed E-state index contributed by atoms with van der Waals surface area (Å²) in [4.78, 5) is 10.3. The Morgan fingerprint density at radius 2 is 2.06 bits per heavy atom. The predicted molar refractivity (Wildman–Crippen MR) is 65.4 cm³/mol. The molecule has 7 nitrogen and oxygen atoms in total. The van der Waals surface area contributed by atoms with Crippen LogP contribution in [0.1, 0.15) is 12.8 Å². The molecule has 0 radical (unpaired) electrons. The zero-order valence-electron chi connectivity index (χ0n) is 9.88. The highest BCUT2D eigenvalue weighted by atomic mass is 32.2. The highest BCUT2D eigenvalue weighted by molar-refractivity contribution is 7.87. The summed E-state index contributed by atoms with van der Waals surface area (Å²) in [5.74, 6) is -0.616. The molecular weight excluding hydrogens is 268 g/mol. The van der Waals surface area contributed by atoms with Crippen LogP contribution in [0.25, 0.3) is 0 Å². The van der Waals surface area contributed by atoms with Crippen molar-refractivity contribution in [1.29, 1.82) is 0 Å². The molecular formula is C8H18N2O5S2. The fraction of sp³-hybridized carbons (Fsp3) is 0.875. The van der Waals surface area contributed by atoms with Gasteiger partial charge in [-0.05, 0) is 6.42 Å². The molecule has 17 heavy (non-hydrogen) atoms. The van der Waals surface area contributed by atoms with Crippen molar-refractivity contribution in [2.75, 3.05) is 32.1 Å².